The standard InChI is InChI=1S/C19H21N5S/c1-2-4-15-14(3-1)16-18(22-13-7-10-21-11-13)23-17(24-19(16)25-15)12-5-8-20-9-6-12/h5-6,8-9,13,21H,1-4,7,10-11H2,(H,22,23,24). The van der Waals surface area contributed by atoms with Gasteiger partial charge < -0.3 is 10.6 Å². The van der Waals surface area contributed by atoms with Gasteiger partial charge in [-0.1, -0.05) is 0 Å². The van der Waals surface area contributed by atoms with Gasteiger partial charge in [0.25, 0.3) is 0 Å². The number of thiophene rings is 1. The first-order valence-electron chi connectivity index (χ1n) is 9.08. The Kier molecular flexibility index (Phi) is 3.87. The molecule has 0 spiro atoms. The average molecular weight is 351 g/mol. The van der Waals surface area contributed by atoms with E-state index in [2.05, 4.69) is 15.6 Å². The third kappa shape index (κ3) is 2.79. The zero-order valence-corrected chi connectivity index (χ0v) is 14.9. The van der Waals surface area contributed by atoms with Crippen molar-refractivity contribution in [1.82, 2.24) is 20.3 Å². The van der Waals surface area contributed by atoms with E-state index in [1.807, 2.05) is 23.5 Å². The Morgan fingerprint density at radius 2 is 2.00 bits per heavy atom. The fourth-order valence-electron chi connectivity index (χ4n) is 3.86. The first kappa shape index (κ1) is 15.2. The van der Waals surface area contributed by atoms with Crippen LogP contribution in [0.3, 0.4) is 0 Å². The summed E-state index contributed by atoms with van der Waals surface area (Å²) in [7, 11) is 0. The largest absolute Gasteiger partial charge is 0.365 e. The summed E-state index contributed by atoms with van der Waals surface area (Å²) in [5, 5.41) is 8.41. The maximum atomic E-state index is 4.94. The predicted molar refractivity (Wildman–Crippen MR) is 102 cm³/mol. The molecule has 5 nitrogen and oxygen atoms in total. The minimum atomic E-state index is 0.447. The number of aromatic nitrogens is 3. The van der Waals surface area contributed by atoms with Gasteiger partial charge in [-0.25, -0.2) is 9.97 Å². The number of hydrogen-bond acceptors (Lipinski definition) is 6. The van der Waals surface area contributed by atoms with Crippen molar-refractivity contribution in [3.63, 3.8) is 0 Å². The number of nitrogens with one attached hydrogen (secondary N) is 2. The number of aryl methyl sites for hydroxylation is 2. The molecule has 6 heteroatoms. The summed E-state index contributed by atoms with van der Waals surface area (Å²) < 4.78 is 0. The molecule has 128 valence electrons. The normalized spacial score (nSPS) is 19.9. The van der Waals surface area contributed by atoms with E-state index in [4.69, 9.17) is 9.97 Å². The van der Waals surface area contributed by atoms with E-state index in [9.17, 15) is 0 Å². The van der Waals surface area contributed by atoms with Crippen molar-refractivity contribution in [2.45, 2.75) is 38.1 Å². The molecule has 1 aliphatic carbocycles. The first-order chi connectivity index (χ1) is 12.4. The van der Waals surface area contributed by atoms with Gasteiger partial charge >= 0.3 is 0 Å². The fraction of sp³-hybridized carbons (Fsp3) is 0.421. The Morgan fingerprint density at radius 1 is 1.12 bits per heavy atom. The Morgan fingerprint density at radius 3 is 2.84 bits per heavy atom. The summed E-state index contributed by atoms with van der Waals surface area (Å²) >= 11 is 1.86. The van der Waals surface area contributed by atoms with E-state index in [0.717, 1.165) is 48.0 Å². The predicted octanol–water partition coefficient (Wildman–Crippen LogP) is 3.41. The van der Waals surface area contributed by atoms with Crippen LogP contribution in [0.25, 0.3) is 21.6 Å². The van der Waals surface area contributed by atoms with Gasteiger partial charge in [0, 0.05) is 35.4 Å². The molecule has 0 saturated carbocycles. The molecular formula is C19H21N5S. The van der Waals surface area contributed by atoms with E-state index < -0.39 is 0 Å². The second kappa shape index (κ2) is 6.35. The topological polar surface area (TPSA) is 62.7 Å². The van der Waals surface area contributed by atoms with E-state index >= 15 is 0 Å². The van der Waals surface area contributed by atoms with Crippen LogP contribution in [0.15, 0.2) is 24.5 Å². The van der Waals surface area contributed by atoms with Crippen LogP contribution >= 0.6 is 11.3 Å². The monoisotopic (exact) mass is 351 g/mol. The van der Waals surface area contributed by atoms with Crippen LogP contribution in [-0.2, 0) is 12.8 Å². The van der Waals surface area contributed by atoms with Crippen molar-refractivity contribution in [2.75, 3.05) is 18.4 Å². The molecule has 0 amide bonds. The van der Waals surface area contributed by atoms with E-state index in [-0.39, 0.29) is 0 Å². The molecule has 1 saturated heterocycles. The van der Waals surface area contributed by atoms with Crippen molar-refractivity contribution in [3.05, 3.63) is 35.0 Å². The van der Waals surface area contributed by atoms with Crippen molar-refractivity contribution < 1.29 is 0 Å². The van der Waals surface area contributed by atoms with Gasteiger partial charge in [0.15, 0.2) is 5.82 Å². The molecule has 1 fully saturated rings. The lowest BCUT2D eigenvalue weighted by atomic mass is 9.97. The SMILES string of the molecule is c1cc(-c2nc(NC3CCNC3)c3c4c(sc3n2)CCCC4)ccn1. The summed E-state index contributed by atoms with van der Waals surface area (Å²) in [5.74, 6) is 1.81. The zero-order chi connectivity index (χ0) is 16.6. The van der Waals surface area contributed by atoms with Crippen LogP contribution in [0, 0.1) is 0 Å². The number of anilines is 1. The molecule has 0 radical (unpaired) electrons. The van der Waals surface area contributed by atoms with Gasteiger partial charge in [0.2, 0.25) is 0 Å². The molecule has 3 aromatic rings. The Hall–Kier alpha value is -2.05. The number of hydrogen-bond donors (Lipinski definition) is 2. The lowest BCUT2D eigenvalue weighted by Crippen LogP contribution is -2.23. The zero-order valence-electron chi connectivity index (χ0n) is 14.1. The number of rotatable bonds is 3. The summed E-state index contributed by atoms with van der Waals surface area (Å²) in [6.45, 7) is 2.08. The third-order valence-electron chi connectivity index (χ3n) is 5.15. The maximum absolute atomic E-state index is 4.94. The highest BCUT2D eigenvalue weighted by molar-refractivity contribution is 7.19. The van der Waals surface area contributed by atoms with Gasteiger partial charge in [0.05, 0.1) is 5.39 Å². The Bertz CT molecular complexity index is 899. The van der Waals surface area contributed by atoms with Gasteiger partial charge in [-0.3, -0.25) is 4.98 Å². The number of nitrogens with zero attached hydrogens (tertiary/aromatic N) is 3. The van der Waals surface area contributed by atoms with E-state index in [0.29, 0.717) is 6.04 Å². The van der Waals surface area contributed by atoms with Crippen LogP contribution in [0.5, 0.6) is 0 Å². The van der Waals surface area contributed by atoms with Crippen molar-refractivity contribution in [2.24, 2.45) is 0 Å². The smallest absolute Gasteiger partial charge is 0.163 e. The molecule has 5 rings (SSSR count). The minimum absolute atomic E-state index is 0.447. The molecule has 4 heterocycles. The molecule has 1 atom stereocenters. The van der Waals surface area contributed by atoms with Gasteiger partial charge in [-0.15, -0.1) is 11.3 Å². The molecule has 2 aliphatic rings. The summed E-state index contributed by atoms with van der Waals surface area (Å²) in [6, 6.07) is 4.41. The van der Waals surface area contributed by atoms with Crippen LogP contribution in [0.1, 0.15) is 29.7 Å². The van der Waals surface area contributed by atoms with Crippen LogP contribution in [0.2, 0.25) is 0 Å². The van der Waals surface area contributed by atoms with Crippen molar-refractivity contribution >= 4 is 27.4 Å². The van der Waals surface area contributed by atoms with Crippen LogP contribution in [-0.4, -0.2) is 34.1 Å². The van der Waals surface area contributed by atoms with Crippen LogP contribution in [0.4, 0.5) is 5.82 Å². The van der Waals surface area contributed by atoms with Crippen molar-refractivity contribution in [3.8, 4) is 11.4 Å². The Labute approximate surface area is 150 Å². The Balaban J connectivity index is 1.67. The summed E-state index contributed by atoms with van der Waals surface area (Å²) in [4.78, 5) is 16.6. The number of fused-ring (bicyclic) bond motifs is 3. The van der Waals surface area contributed by atoms with Crippen molar-refractivity contribution in [1.29, 1.82) is 0 Å². The molecule has 0 aromatic carbocycles. The minimum Gasteiger partial charge on any atom is -0.365 e. The average Bonchev–Trinajstić information content (AvgIpc) is 3.29. The van der Waals surface area contributed by atoms with E-state index in [1.54, 1.807) is 12.4 Å². The molecule has 25 heavy (non-hydrogen) atoms. The second-order valence-corrected chi connectivity index (χ2v) is 7.94. The summed E-state index contributed by atoms with van der Waals surface area (Å²) in [6.07, 6.45) is 9.65. The molecule has 1 unspecified atom stereocenters. The third-order valence-corrected chi connectivity index (χ3v) is 6.34. The molecule has 3 aromatic heterocycles. The lowest BCUT2D eigenvalue weighted by Gasteiger charge is -2.16. The quantitative estimate of drug-likeness (QED) is 0.757. The molecule has 1 aliphatic heterocycles. The molecule has 0 bridgehead atoms. The fourth-order valence-corrected chi connectivity index (χ4v) is 5.12. The van der Waals surface area contributed by atoms with Gasteiger partial charge in [-0.2, -0.15) is 0 Å². The first-order valence-corrected chi connectivity index (χ1v) is 9.90. The molecule has 2 N–H and O–H groups in total. The number of pyridine rings is 1. The highest BCUT2D eigenvalue weighted by Crippen LogP contribution is 2.39. The second-order valence-electron chi connectivity index (χ2n) is 6.86. The highest BCUT2D eigenvalue weighted by Gasteiger charge is 2.23. The lowest BCUT2D eigenvalue weighted by molar-refractivity contribution is 0.700. The van der Waals surface area contributed by atoms with Crippen LogP contribution < -0.4 is 10.6 Å². The van der Waals surface area contributed by atoms with E-state index in [1.165, 1.54) is 35.1 Å². The van der Waals surface area contributed by atoms with Gasteiger partial charge in [0.1, 0.15) is 10.6 Å². The highest BCUT2D eigenvalue weighted by atomic mass is 32.1. The summed E-state index contributed by atoms with van der Waals surface area (Å²) in [5.41, 5.74) is 2.51. The van der Waals surface area contributed by atoms with Gasteiger partial charge in [-0.05, 0) is 56.3 Å². The molecular weight excluding hydrogens is 330 g/mol. The maximum Gasteiger partial charge on any atom is 0.163 e.